The van der Waals surface area contributed by atoms with Crippen molar-refractivity contribution >= 4 is 23.2 Å². The standard InChI is InChI=1S/C26H35N3O3S/c1-16(18-8-7-9-19(14-18)32-6)27-22(30)20-15-33-23(28-20)17-10-12-29(13-11-17)24(31)21-25(2,3)26(21,4)5/h7-9,14-17,21H,10-13H2,1-6H3,(H,27,30). The summed E-state index contributed by atoms with van der Waals surface area (Å²) in [6.07, 6.45) is 1.79. The molecule has 1 unspecified atom stereocenters. The highest BCUT2D eigenvalue weighted by Gasteiger charge is 2.68. The van der Waals surface area contributed by atoms with Crippen molar-refractivity contribution < 1.29 is 14.3 Å². The normalized spacial score (nSPS) is 20.8. The predicted octanol–water partition coefficient (Wildman–Crippen LogP) is 5.03. The highest BCUT2D eigenvalue weighted by molar-refractivity contribution is 7.09. The van der Waals surface area contributed by atoms with E-state index in [1.165, 1.54) is 0 Å². The van der Waals surface area contributed by atoms with Crippen molar-refractivity contribution in [2.24, 2.45) is 16.7 Å². The molecule has 2 aliphatic rings. The zero-order chi connectivity index (χ0) is 24.0. The minimum Gasteiger partial charge on any atom is -0.497 e. The Labute approximate surface area is 200 Å². The maximum absolute atomic E-state index is 13.0. The Morgan fingerprint density at radius 1 is 1.18 bits per heavy atom. The molecule has 0 bridgehead atoms. The van der Waals surface area contributed by atoms with Crippen molar-refractivity contribution in [2.75, 3.05) is 20.2 Å². The van der Waals surface area contributed by atoms with Crippen LogP contribution in [-0.4, -0.2) is 41.9 Å². The number of aromatic nitrogens is 1. The second-order valence-electron chi connectivity index (χ2n) is 10.5. The third-order valence-electron chi connectivity index (χ3n) is 8.12. The van der Waals surface area contributed by atoms with Crippen LogP contribution in [0.15, 0.2) is 29.6 Å². The fourth-order valence-corrected chi connectivity index (χ4v) is 6.16. The second-order valence-corrected chi connectivity index (χ2v) is 11.4. The number of methoxy groups -OCH3 is 1. The molecule has 2 heterocycles. The largest absolute Gasteiger partial charge is 0.497 e. The summed E-state index contributed by atoms with van der Waals surface area (Å²) in [5.41, 5.74) is 1.59. The lowest BCUT2D eigenvalue weighted by Crippen LogP contribution is -2.40. The first-order valence-electron chi connectivity index (χ1n) is 11.7. The number of carbonyl (C=O) groups excluding carboxylic acids is 2. The van der Waals surface area contributed by atoms with Crippen molar-refractivity contribution in [3.8, 4) is 5.75 Å². The first-order chi connectivity index (χ1) is 15.6. The van der Waals surface area contributed by atoms with Crippen molar-refractivity contribution in [3.05, 3.63) is 45.9 Å². The van der Waals surface area contributed by atoms with Gasteiger partial charge in [-0.15, -0.1) is 11.3 Å². The third-order valence-corrected chi connectivity index (χ3v) is 9.13. The fraction of sp³-hybridized carbons (Fsp3) is 0.577. The van der Waals surface area contributed by atoms with Gasteiger partial charge in [-0.3, -0.25) is 9.59 Å². The summed E-state index contributed by atoms with van der Waals surface area (Å²) >= 11 is 1.55. The summed E-state index contributed by atoms with van der Waals surface area (Å²) in [7, 11) is 1.63. The van der Waals surface area contributed by atoms with E-state index >= 15 is 0 Å². The number of carbonyl (C=O) groups is 2. The van der Waals surface area contributed by atoms with E-state index in [9.17, 15) is 9.59 Å². The topological polar surface area (TPSA) is 71.5 Å². The molecule has 6 nitrogen and oxygen atoms in total. The van der Waals surface area contributed by atoms with E-state index < -0.39 is 0 Å². The maximum atomic E-state index is 13.0. The van der Waals surface area contributed by atoms with Gasteiger partial charge < -0.3 is 15.0 Å². The fourth-order valence-electron chi connectivity index (χ4n) is 5.19. The van der Waals surface area contributed by atoms with E-state index in [4.69, 9.17) is 4.74 Å². The molecular formula is C26H35N3O3S. The van der Waals surface area contributed by atoms with Crippen LogP contribution in [0.25, 0.3) is 0 Å². The van der Waals surface area contributed by atoms with Crippen LogP contribution in [0.5, 0.6) is 5.75 Å². The van der Waals surface area contributed by atoms with Crippen LogP contribution in [0.2, 0.25) is 0 Å². The number of ether oxygens (including phenoxy) is 1. The van der Waals surface area contributed by atoms with Gasteiger partial charge >= 0.3 is 0 Å². The molecule has 2 fully saturated rings. The summed E-state index contributed by atoms with van der Waals surface area (Å²) in [4.78, 5) is 32.5. The van der Waals surface area contributed by atoms with Gasteiger partial charge in [0.05, 0.1) is 18.2 Å². The van der Waals surface area contributed by atoms with E-state index in [0.29, 0.717) is 17.5 Å². The van der Waals surface area contributed by atoms with Gasteiger partial charge in [-0.25, -0.2) is 4.98 Å². The first-order valence-corrected chi connectivity index (χ1v) is 12.6. The van der Waals surface area contributed by atoms with Gasteiger partial charge in [0.2, 0.25) is 5.91 Å². The predicted molar refractivity (Wildman–Crippen MR) is 131 cm³/mol. The van der Waals surface area contributed by atoms with E-state index in [-0.39, 0.29) is 28.7 Å². The lowest BCUT2D eigenvalue weighted by Gasteiger charge is -2.31. The zero-order valence-corrected chi connectivity index (χ0v) is 21.3. The van der Waals surface area contributed by atoms with Crippen molar-refractivity contribution in [2.45, 2.75) is 59.4 Å². The number of rotatable bonds is 6. The van der Waals surface area contributed by atoms with Gasteiger partial charge in [0.1, 0.15) is 11.4 Å². The molecule has 2 amide bonds. The monoisotopic (exact) mass is 469 g/mol. The molecule has 7 heteroatoms. The van der Waals surface area contributed by atoms with Gasteiger partial charge in [-0.05, 0) is 48.3 Å². The molecular weight excluding hydrogens is 434 g/mol. The highest BCUT2D eigenvalue weighted by atomic mass is 32.1. The van der Waals surface area contributed by atoms with Gasteiger partial charge in [-0.1, -0.05) is 39.8 Å². The molecule has 1 atom stereocenters. The number of hydrogen-bond acceptors (Lipinski definition) is 5. The number of nitrogens with one attached hydrogen (secondary N) is 1. The van der Waals surface area contributed by atoms with Gasteiger partial charge in [-0.2, -0.15) is 0 Å². The Bertz CT molecular complexity index is 1020. The Balaban J connectivity index is 1.32. The van der Waals surface area contributed by atoms with Gasteiger partial charge in [0.25, 0.3) is 5.91 Å². The third kappa shape index (κ3) is 4.39. The lowest BCUT2D eigenvalue weighted by atomic mass is 9.96. The number of thiazole rings is 1. The number of benzene rings is 1. The highest BCUT2D eigenvalue weighted by Crippen LogP contribution is 2.68. The van der Waals surface area contributed by atoms with E-state index in [0.717, 1.165) is 42.3 Å². The minimum atomic E-state index is -0.168. The van der Waals surface area contributed by atoms with Crippen LogP contribution >= 0.6 is 11.3 Å². The Hall–Kier alpha value is -2.41. The Morgan fingerprint density at radius 3 is 2.45 bits per heavy atom. The van der Waals surface area contributed by atoms with Crippen LogP contribution in [0.4, 0.5) is 0 Å². The number of piperidine rings is 1. The van der Waals surface area contributed by atoms with E-state index in [1.54, 1.807) is 18.4 Å². The van der Waals surface area contributed by atoms with E-state index in [2.05, 4.69) is 38.0 Å². The Morgan fingerprint density at radius 2 is 1.85 bits per heavy atom. The molecule has 0 spiro atoms. The summed E-state index contributed by atoms with van der Waals surface area (Å²) < 4.78 is 5.28. The minimum absolute atomic E-state index is 0.0700. The van der Waals surface area contributed by atoms with Crippen LogP contribution in [0, 0.1) is 16.7 Å². The molecule has 1 aromatic heterocycles. The number of amides is 2. The van der Waals surface area contributed by atoms with E-state index in [1.807, 2.05) is 41.5 Å². The average Bonchev–Trinajstić information content (AvgIpc) is 3.13. The van der Waals surface area contributed by atoms with Crippen LogP contribution in [0.3, 0.4) is 0 Å². The summed E-state index contributed by atoms with van der Waals surface area (Å²) in [5, 5.41) is 5.87. The number of hydrogen-bond donors (Lipinski definition) is 1. The second kappa shape index (κ2) is 8.75. The van der Waals surface area contributed by atoms with Crippen LogP contribution in [-0.2, 0) is 4.79 Å². The quantitative estimate of drug-likeness (QED) is 0.644. The summed E-state index contributed by atoms with van der Waals surface area (Å²) in [5.74, 6) is 1.32. The average molecular weight is 470 g/mol. The first kappa shape index (κ1) is 23.7. The molecule has 178 valence electrons. The number of likely N-dealkylation sites (tertiary alicyclic amines) is 1. The Kier molecular flexibility index (Phi) is 6.29. The molecule has 1 saturated heterocycles. The molecule has 4 rings (SSSR count). The molecule has 0 radical (unpaired) electrons. The maximum Gasteiger partial charge on any atom is 0.271 e. The van der Waals surface area contributed by atoms with Crippen molar-refractivity contribution in [3.63, 3.8) is 0 Å². The lowest BCUT2D eigenvalue weighted by molar-refractivity contribution is -0.134. The van der Waals surface area contributed by atoms with Crippen LogP contribution < -0.4 is 10.1 Å². The van der Waals surface area contributed by atoms with Crippen LogP contribution in [0.1, 0.15) is 80.5 Å². The van der Waals surface area contributed by atoms with Gasteiger partial charge in [0.15, 0.2) is 0 Å². The number of nitrogens with zero attached hydrogens (tertiary/aromatic N) is 2. The molecule has 1 aliphatic heterocycles. The zero-order valence-electron chi connectivity index (χ0n) is 20.5. The molecule has 1 saturated carbocycles. The van der Waals surface area contributed by atoms with Crippen molar-refractivity contribution in [1.82, 2.24) is 15.2 Å². The van der Waals surface area contributed by atoms with Gasteiger partial charge in [0, 0.05) is 30.3 Å². The molecule has 2 aromatic rings. The summed E-state index contributed by atoms with van der Waals surface area (Å²) in [6, 6.07) is 7.55. The summed E-state index contributed by atoms with van der Waals surface area (Å²) in [6.45, 7) is 12.3. The molecule has 1 aromatic carbocycles. The molecule has 33 heavy (non-hydrogen) atoms. The SMILES string of the molecule is COc1cccc(C(C)NC(=O)c2csc(C3CCN(C(=O)C4C(C)(C)C4(C)C)CC3)n2)c1. The molecule has 1 N–H and O–H groups in total. The molecule has 1 aliphatic carbocycles. The smallest absolute Gasteiger partial charge is 0.271 e. The van der Waals surface area contributed by atoms with Crippen molar-refractivity contribution in [1.29, 1.82) is 0 Å².